The summed E-state index contributed by atoms with van der Waals surface area (Å²) in [6.07, 6.45) is 2.00. The smallest absolute Gasteiger partial charge is 0.244 e. The first kappa shape index (κ1) is 33.6. The lowest BCUT2D eigenvalue weighted by Crippen LogP contribution is -2.54. The van der Waals surface area contributed by atoms with Gasteiger partial charge in [-0.05, 0) is 73.0 Å². The van der Waals surface area contributed by atoms with Gasteiger partial charge in [0.15, 0.2) is 0 Å². The maximum Gasteiger partial charge on any atom is 0.244 e. The third kappa shape index (κ3) is 9.83. The highest BCUT2D eigenvalue weighted by atomic mass is 35.5. The zero-order valence-corrected chi connectivity index (χ0v) is 27.2. The van der Waals surface area contributed by atoms with E-state index in [0.29, 0.717) is 28.6 Å². The van der Waals surface area contributed by atoms with Gasteiger partial charge in [-0.15, -0.1) is 0 Å². The number of hydrogen-bond acceptors (Lipinski definition) is 5. The zero-order valence-electron chi connectivity index (χ0n) is 25.6. The van der Waals surface area contributed by atoms with Crippen LogP contribution in [0.4, 0.5) is 5.69 Å². The molecule has 0 spiro atoms. The number of benzene rings is 4. The first-order valence-electron chi connectivity index (χ1n) is 14.7. The van der Waals surface area contributed by atoms with Crippen LogP contribution >= 0.6 is 11.6 Å². The Hall–Kier alpha value is -4.34. The first-order valence-corrected chi connectivity index (χ1v) is 16.9. The number of nitrogens with one attached hydrogen (secondary N) is 1. The van der Waals surface area contributed by atoms with Gasteiger partial charge in [0.2, 0.25) is 21.8 Å². The summed E-state index contributed by atoms with van der Waals surface area (Å²) in [5, 5.41) is 3.56. The Labute approximate surface area is 270 Å². The summed E-state index contributed by atoms with van der Waals surface area (Å²) in [4.78, 5) is 29.5. The van der Waals surface area contributed by atoms with Gasteiger partial charge < -0.3 is 15.0 Å². The van der Waals surface area contributed by atoms with E-state index in [9.17, 15) is 18.0 Å². The van der Waals surface area contributed by atoms with Crippen LogP contribution in [0.25, 0.3) is 0 Å². The number of rotatable bonds is 14. The summed E-state index contributed by atoms with van der Waals surface area (Å²) in [6, 6.07) is 31.1. The second-order valence-corrected chi connectivity index (χ2v) is 13.2. The van der Waals surface area contributed by atoms with E-state index in [0.717, 1.165) is 21.7 Å². The lowest BCUT2D eigenvalue weighted by atomic mass is 10.0. The molecule has 4 aromatic carbocycles. The van der Waals surface area contributed by atoms with Gasteiger partial charge in [0.1, 0.15) is 24.1 Å². The normalized spacial score (nSPS) is 12.5. The monoisotopic (exact) mass is 647 g/mol. The van der Waals surface area contributed by atoms with Crippen LogP contribution in [0.15, 0.2) is 109 Å². The highest BCUT2D eigenvalue weighted by molar-refractivity contribution is 7.92. The Morgan fingerprint density at radius 2 is 1.40 bits per heavy atom. The van der Waals surface area contributed by atoms with Crippen LogP contribution in [0.1, 0.15) is 31.4 Å². The van der Waals surface area contributed by atoms with Gasteiger partial charge >= 0.3 is 0 Å². The molecule has 10 heteroatoms. The Morgan fingerprint density at radius 1 is 0.822 bits per heavy atom. The number of anilines is 1. The molecule has 2 atom stereocenters. The number of carbonyl (C=O) groups is 2. The molecule has 0 bridgehead atoms. The molecule has 4 aromatic rings. The first-order chi connectivity index (χ1) is 21.5. The van der Waals surface area contributed by atoms with Crippen LogP contribution in [-0.2, 0) is 32.6 Å². The molecule has 0 aromatic heterocycles. The molecule has 0 radical (unpaired) electrons. The number of hydrogen-bond donors (Lipinski definition) is 1. The van der Waals surface area contributed by atoms with E-state index in [4.69, 9.17) is 16.3 Å². The minimum absolute atomic E-state index is 0.0723. The molecule has 0 aliphatic carbocycles. The van der Waals surface area contributed by atoms with Crippen molar-refractivity contribution in [1.82, 2.24) is 10.2 Å². The van der Waals surface area contributed by atoms with Gasteiger partial charge in [-0.1, -0.05) is 79.2 Å². The molecule has 45 heavy (non-hydrogen) atoms. The van der Waals surface area contributed by atoms with Gasteiger partial charge in [0.05, 0.1) is 11.9 Å². The van der Waals surface area contributed by atoms with Gasteiger partial charge in [0, 0.05) is 24.0 Å². The average molecular weight is 648 g/mol. The van der Waals surface area contributed by atoms with Crippen LogP contribution in [0.3, 0.4) is 0 Å². The molecule has 0 saturated carbocycles. The Kier molecular flexibility index (Phi) is 11.6. The fourth-order valence-electron chi connectivity index (χ4n) is 4.70. The molecule has 0 heterocycles. The van der Waals surface area contributed by atoms with Crippen molar-refractivity contribution in [1.29, 1.82) is 0 Å². The van der Waals surface area contributed by atoms with E-state index in [2.05, 4.69) is 5.32 Å². The lowest BCUT2D eigenvalue weighted by Gasteiger charge is -2.34. The predicted molar refractivity (Wildman–Crippen MR) is 179 cm³/mol. The van der Waals surface area contributed by atoms with Crippen LogP contribution in [0, 0.1) is 0 Å². The number of carbonyl (C=O) groups excluding carboxylic acids is 2. The van der Waals surface area contributed by atoms with E-state index in [-0.39, 0.29) is 24.9 Å². The van der Waals surface area contributed by atoms with Crippen molar-refractivity contribution in [2.45, 2.75) is 45.3 Å². The van der Waals surface area contributed by atoms with E-state index >= 15 is 0 Å². The molecular formula is C35H38ClN3O5S. The topological polar surface area (TPSA) is 96.0 Å². The Balaban J connectivity index is 1.67. The largest absolute Gasteiger partial charge is 0.457 e. The molecule has 8 nitrogen and oxygen atoms in total. The molecule has 1 N–H and O–H groups in total. The summed E-state index contributed by atoms with van der Waals surface area (Å²) >= 11 is 6.12. The van der Waals surface area contributed by atoms with Gasteiger partial charge in [-0.25, -0.2) is 8.42 Å². The predicted octanol–water partition coefficient (Wildman–Crippen LogP) is 6.45. The summed E-state index contributed by atoms with van der Waals surface area (Å²) in [7, 11) is -3.90. The van der Waals surface area contributed by atoms with Crippen molar-refractivity contribution in [3.8, 4) is 11.5 Å². The van der Waals surface area contributed by atoms with Crippen LogP contribution in [0.5, 0.6) is 11.5 Å². The van der Waals surface area contributed by atoms with E-state index in [1.165, 1.54) is 4.90 Å². The maximum atomic E-state index is 14.2. The number of ether oxygens (including phenoxy) is 1. The molecule has 0 fully saturated rings. The van der Waals surface area contributed by atoms with E-state index < -0.39 is 28.5 Å². The second-order valence-electron chi connectivity index (χ2n) is 10.9. The highest BCUT2D eigenvalue weighted by Crippen LogP contribution is 2.26. The van der Waals surface area contributed by atoms with Crippen molar-refractivity contribution in [2.75, 3.05) is 17.1 Å². The molecule has 0 unspecified atom stereocenters. The minimum Gasteiger partial charge on any atom is -0.457 e. The molecule has 4 rings (SSSR count). The Bertz CT molecular complexity index is 1650. The summed E-state index contributed by atoms with van der Waals surface area (Å²) in [6.45, 7) is 3.43. The fourth-order valence-corrected chi connectivity index (χ4v) is 5.68. The number of para-hydroxylation sites is 1. The van der Waals surface area contributed by atoms with Crippen LogP contribution in [0.2, 0.25) is 5.02 Å². The summed E-state index contributed by atoms with van der Waals surface area (Å²) in [5.41, 5.74) is 1.90. The van der Waals surface area contributed by atoms with Gasteiger partial charge in [-0.3, -0.25) is 13.9 Å². The van der Waals surface area contributed by atoms with Crippen molar-refractivity contribution in [3.05, 3.63) is 125 Å². The van der Waals surface area contributed by atoms with E-state index in [1.54, 1.807) is 48.5 Å². The zero-order chi connectivity index (χ0) is 32.4. The summed E-state index contributed by atoms with van der Waals surface area (Å²) in [5.74, 6) is 0.307. The molecule has 2 amide bonds. The molecule has 0 saturated heterocycles. The molecular weight excluding hydrogens is 610 g/mol. The summed E-state index contributed by atoms with van der Waals surface area (Å²) < 4.78 is 33.0. The SMILES string of the molecule is CC[C@H](C)NC(=O)[C@@H](Cc1ccccc1)N(Cc1ccc(Cl)cc1)C(=O)CN(c1ccc(Oc2ccccc2)cc1)S(C)(=O)=O. The standard InChI is InChI=1S/C35H38ClN3O5S/c1-4-26(2)37-35(41)33(23-27-11-7-5-8-12-27)38(24-28-15-17-29(36)18-16-28)34(40)25-39(45(3,42)43)30-19-21-32(22-20-30)44-31-13-9-6-10-14-31/h5-22,26,33H,4,23-25H2,1-3H3,(H,37,41)/t26-,33+/m0/s1. The Morgan fingerprint density at radius 3 is 1.98 bits per heavy atom. The quantitative estimate of drug-likeness (QED) is 0.170. The second kappa shape index (κ2) is 15.6. The minimum atomic E-state index is -3.90. The molecule has 0 aliphatic heterocycles. The van der Waals surface area contributed by atoms with Crippen molar-refractivity contribution in [2.24, 2.45) is 0 Å². The number of halogens is 1. The molecule has 0 aliphatic rings. The van der Waals surface area contributed by atoms with Crippen LogP contribution in [-0.4, -0.2) is 50.0 Å². The van der Waals surface area contributed by atoms with Crippen LogP contribution < -0.4 is 14.4 Å². The lowest BCUT2D eigenvalue weighted by molar-refractivity contribution is -0.140. The highest BCUT2D eigenvalue weighted by Gasteiger charge is 2.33. The number of amides is 2. The van der Waals surface area contributed by atoms with Gasteiger partial charge in [0.25, 0.3) is 0 Å². The van der Waals surface area contributed by atoms with Crippen molar-refractivity contribution in [3.63, 3.8) is 0 Å². The van der Waals surface area contributed by atoms with E-state index in [1.807, 2.05) is 74.5 Å². The third-order valence-electron chi connectivity index (χ3n) is 7.32. The molecule has 236 valence electrons. The van der Waals surface area contributed by atoms with Gasteiger partial charge in [-0.2, -0.15) is 0 Å². The van der Waals surface area contributed by atoms with Crippen molar-refractivity contribution >= 4 is 39.1 Å². The van der Waals surface area contributed by atoms with Crippen molar-refractivity contribution < 1.29 is 22.7 Å². The maximum absolute atomic E-state index is 14.2. The average Bonchev–Trinajstić information content (AvgIpc) is 3.03. The number of nitrogens with zero attached hydrogens (tertiary/aromatic N) is 2. The fraction of sp³-hybridized carbons (Fsp3) is 0.257. The third-order valence-corrected chi connectivity index (χ3v) is 8.71. The number of sulfonamides is 1.